The van der Waals surface area contributed by atoms with Crippen LogP contribution in [0.3, 0.4) is 0 Å². The lowest BCUT2D eigenvalue weighted by Crippen LogP contribution is -2.62. The first-order valence-electron chi connectivity index (χ1n) is 12.8. The molecule has 0 saturated carbocycles. The van der Waals surface area contributed by atoms with Crippen LogP contribution in [0.1, 0.15) is 6.04 Å². The number of aromatic amines is 1. The fourth-order valence-corrected chi connectivity index (χ4v) is 5.32. The third-order valence-electron chi connectivity index (χ3n) is 7.43. The second-order valence-corrected chi connectivity index (χ2v) is 9.85. The summed E-state index contributed by atoms with van der Waals surface area (Å²) >= 11 is 0. The number of aliphatic hydroxyl groups excluding tert-OH is 3. The number of aromatic nitrogens is 4. The van der Waals surface area contributed by atoms with Crippen molar-refractivity contribution in [1.82, 2.24) is 24.9 Å². The molecule has 4 aromatic rings. The molecule has 4 N–H and O–H groups in total. The minimum absolute atomic E-state index is 0.308. The predicted octanol–water partition coefficient (Wildman–Crippen LogP) is -0.110. The monoisotopic (exact) mass is 554 g/mol. The van der Waals surface area contributed by atoms with Gasteiger partial charge in [-0.25, -0.2) is 13.9 Å². The van der Waals surface area contributed by atoms with Gasteiger partial charge < -0.3 is 34.3 Å². The number of fused-ring (bicyclic) bond motifs is 1. The quantitative estimate of drug-likeness (QED) is 0.261. The molecule has 6 rings (SSSR count). The zero-order valence-corrected chi connectivity index (χ0v) is 21.1. The molecule has 0 aliphatic carbocycles. The number of benzene rings is 2. The van der Waals surface area contributed by atoms with Crippen molar-refractivity contribution < 1.29 is 33.7 Å². The van der Waals surface area contributed by atoms with Gasteiger partial charge in [-0.1, -0.05) is 17.3 Å². The van der Waals surface area contributed by atoms with Crippen molar-refractivity contribution >= 4 is 22.7 Å². The molecule has 1 amide bonds. The van der Waals surface area contributed by atoms with Crippen molar-refractivity contribution in [3.8, 4) is 11.3 Å². The molecule has 2 aliphatic rings. The fourth-order valence-electron chi connectivity index (χ4n) is 5.32. The number of hydrogen-bond donors (Lipinski definition) is 4. The first-order chi connectivity index (χ1) is 19.3. The molecule has 2 aliphatic heterocycles. The van der Waals surface area contributed by atoms with Gasteiger partial charge in [0.05, 0.1) is 18.3 Å². The second-order valence-electron chi connectivity index (χ2n) is 9.85. The van der Waals surface area contributed by atoms with Gasteiger partial charge >= 0.3 is 5.76 Å². The standard InChI is InChI=1S/C26H27FN6O7/c27-15-3-1-2-14(10-15)18-12-33(30-29-18)21-22(35)20(13-34)39-24(23(21)36)25(37)32-8-6-31(7-9-32)16-4-5-19-17(11-16)28-26(38)40-19/h1-5,10-12,20-24,34-36H,6-9,13H2,(H,28,38)/t20-,21+,22+,23-,24-/m1/s1. The fraction of sp³-hybridized carbons (Fsp3) is 0.385. The van der Waals surface area contributed by atoms with Crippen molar-refractivity contribution in [3.63, 3.8) is 0 Å². The summed E-state index contributed by atoms with van der Waals surface area (Å²) < 4.78 is 25.6. The molecule has 2 fully saturated rings. The molecular formula is C26H27FN6O7. The lowest BCUT2D eigenvalue weighted by atomic mass is 9.91. The van der Waals surface area contributed by atoms with Crippen LogP contribution in [0, 0.1) is 5.82 Å². The van der Waals surface area contributed by atoms with Gasteiger partial charge in [-0.2, -0.15) is 0 Å². The van der Waals surface area contributed by atoms with Crippen LogP contribution in [-0.2, 0) is 9.53 Å². The summed E-state index contributed by atoms with van der Waals surface area (Å²) in [5, 5.41) is 40.0. The van der Waals surface area contributed by atoms with E-state index in [1.807, 2.05) is 6.07 Å². The Balaban J connectivity index is 1.17. The van der Waals surface area contributed by atoms with E-state index in [4.69, 9.17) is 9.15 Å². The highest BCUT2D eigenvalue weighted by molar-refractivity contribution is 5.82. The Labute approximate surface area is 226 Å². The average Bonchev–Trinajstić information content (AvgIpc) is 3.59. The molecule has 40 heavy (non-hydrogen) atoms. The number of oxazole rings is 1. The van der Waals surface area contributed by atoms with Crippen LogP contribution in [0.15, 0.2) is 57.9 Å². The van der Waals surface area contributed by atoms with E-state index >= 15 is 0 Å². The molecule has 5 atom stereocenters. The van der Waals surface area contributed by atoms with Gasteiger partial charge in [0, 0.05) is 37.4 Å². The number of H-pyrrole nitrogens is 1. The van der Waals surface area contributed by atoms with Crippen LogP contribution in [0.4, 0.5) is 10.1 Å². The van der Waals surface area contributed by atoms with Crippen LogP contribution in [0.5, 0.6) is 0 Å². The first-order valence-corrected chi connectivity index (χ1v) is 12.8. The zero-order valence-electron chi connectivity index (χ0n) is 21.1. The summed E-state index contributed by atoms with van der Waals surface area (Å²) in [5.74, 6) is -1.47. The number of anilines is 1. The van der Waals surface area contributed by atoms with Crippen molar-refractivity contribution in [2.75, 3.05) is 37.7 Å². The Morgan fingerprint density at radius 2 is 1.90 bits per heavy atom. The number of piperazine rings is 1. The van der Waals surface area contributed by atoms with Crippen molar-refractivity contribution in [3.05, 3.63) is 65.0 Å². The highest BCUT2D eigenvalue weighted by Crippen LogP contribution is 2.32. The molecule has 2 aromatic heterocycles. The number of ether oxygens (including phenoxy) is 1. The van der Waals surface area contributed by atoms with Crippen LogP contribution in [0.25, 0.3) is 22.4 Å². The number of halogens is 1. The minimum Gasteiger partial charge on any atom is -0.408 e. The lowest BCUT2D eigenvalue weighted by Gasteiger charge is -2.44. The maximum atomic E-state index is 13.7. The molecule has 14 heteroatoms. The topological polar surface area (TPSA) is 170 Å². The first kappa shape index (κ1) is 26.1. The molecule has 0 bridgehead atoms. The number of carbonyl (C=O) groups is 1. The molecule has 210 valence electrons. The number of carbonyl (C=O) groups excluding carboxylic acids is 1. The van der Waals surface area contributed by atoms with Gasteiger partial charge in [0.2, 0.25) is 0 Å². The molecule has 2 saturated heterocycles. The molecule has 0 spiro atoms. The van der Waals surface area contributed by atoms with E-state index in [9.17, 15) is 29.3 Å². The van der Waals surface area contributed by atoms with Crippen molar-refractivity contribution in [2.24, 2.45) is 0 Å². The van der Waals surface area contributed by atoms with E-state index in [0.717, 1.165) is 5.69 Å². The summed E-state index contributed by atoms with van der Waals surface area (Å²) in [6, 6.07) is 9.93. The zero-order chi connectivity index (χ0) is 28.0. The van der Waals surface area contributed by atoms with Crippen molar-refractivity contribution in [1.29, 1.82) is 0 Å². The van der Waals surface area contributed by atoms with Crippen molar-refractivity contribution in [2.45, 2.75) is 30.5 Å². The number of hydrogen-bond acceptors (Lipinski definition) is 10. The van der Waals surface area contributed by atoms with E-state index in [-0.39, 0.29) is 0 Å². The summed E-state index contributed by atoms with van der Waals surface area (Å²) in [6.45, 7) is 1.03. The number of nitrogens with one attached hydrogen (secondary N) is 1. The Hall–Kier alpha value is -4.11. The smallest absolute Gasteiger partial charge is 0.408 e. The van der Waals surface area contributed by atoms with Gasteiger partial charge in [0.25, 0.3) is 5.91 Å². The van der Waals surface area contributed by atoms with Crippen LogP contribution >= 0.6 is 0 Å². The molecule has 2 aromatic carbocycles. The summed E-state index contributed by atoms with van der Waals surface area (Å²) in [5.41, 5.74) is 2.64. The van der Waals surface area contributed by atoms with E-state index in [0.29, 0.717) is 48.5 Å². The van der Waals surface area contributed by atoms with Gasteiger partial charge in [-0.3, -0.25) is 9.78 Å². The number of rotatable bonds is 5. The van der Waals surface area contributed by atoms with Gasteiger partial charge in [-0.05, 0) is 30.3 Å². The normalized spacial score (nSPS) is 25.4. The largest absolute Gasteiger partial charge is 0.417 e. The van der Waals surface area contributed by atoms with Crippen LogP contribution in [0.2, 0.25) is 0 Å². The van der Waals surface area contributed by atoms with Gasteiger partial charge in [0.15, 0.2) is 11.7 Å². The SMILES string of the molecule is O=C([C@@H]1O[C@H](CO)[C@H](O)[C@H](n2cc(-c3cccc(F)c3)nn2)[C@H]1O)N1CCN(c2ccc3oc(=O)[nH]c3c2)CC1. The highest BCUT2D eigenvalue weighted by Gasteiger charge is 2.49. The van der Waals surface area contributed by atoms with Gasteiger partial charge in [0.1, 0.15) is 35.9 Å². The molecule has 4 heterocycles. The minimum atomic E-state index is -1.51. The summed E-state index contributed by atoms with van der Waals surface area (Å²) in [6.07, 6.45) is -3.99. The number of aliphatic hydroxyl groups is 3. The summed E-state index contributed by atoms with van der Waals surface area (Å²) in [4.78, 5) is 31.2. The number of nitrogens with zero attached hydrogens (tertiary/aromatic N) is 5. The van der Waals surface area contributed by atoms with E-state index < -0.39 is 54.5 Å². The third kappa shape index (κ3) is 4.75. The molecular weight excluding hydrogens is 527 g/mol. The molecule has 0 unspecified atom stereocenters. The highest BCUT2D eigenvalue weighted by atomic mass is 19.1. The Morgan fingerprint density at radius 3 is 2.65 bits per heavy atom. The van der Waals surface area contributed by atoms with E-state index in [2.05, 4.69) is 20.2 Å². The van der Waals surface area contributed by atoms with E-state index in [1.165, 1.54) is 29.1 Å². The van der Waals surface area contributed by atoms with E-state index in [1.54, 1.807) is 23.1 Å². The van der Waals surface area contributed by atoms with Crippen LogP contribution < -0.4 is 10.7 Å². The summed E-state index contributed by atoms with van der Waals surface area (Å²) in [7, 11) is 0. The van der Waals surface area contributed by atoms with Crippen LogP contribution in [-0.4, -0.2) is 103 Å². The maximum absolute atomic E-state index is 13.7. The predicted molar refractivity (Wildman–Crippen MR) is 138 cm³/mol. The molecule has 13 nitrogen and oxygen atoms in total. The Bertz CT molecular complexity index is 1580. The molecule has 0 radical (unpaired) electrons. The second kappa shape index (κ2) is 10.5. The Morgan fingerprint density at radius 1 is 1.10 bits per heavy atom. The third-order valence-corrected chi connectivity index (χ3v) is 7.43. The van der Waals surface area contributed by atoms with Gasteiger partial charge in [-0.15, -0.1) is 5.10 Å². The number of amides is 1. The average molecular weight is 555 g/mol. The lowest BCUT2D eigenvalue weighted by molar-refractivity contribution is -0.211. The Kier molecular flexibility index (Phi) is 6.83. The maximum Gasteiger partial charge on any atom is 0.417 e.